The number of para-hydroxylation sites is 1. The van der Waals surface area contributed by atoms with Crippen LogP contribution >= 0.6 is 23.2 Å². The third-order valence-corrected chi connectivity index (χ3v) is 6.87. The van der Waals surface area contributed by atoms with Crippen LogP contribution in [0.4, 0.5) is 0 Å². The lowest BCUT2D eigenvalue weighted by atomic mass is 9.99. The van der Waals surface area contributed by atoms with Crippen molar-refractivity contribution in [2.24, 2.45) is 0 Å². The number of halogens is 2. The van der Waals surface area contributed by atoms with E-state index in [-0.39, 0.29) is 11.5 Å². The van der Waals surface area contributed by atoms with E-state index in [4.69, 9.17) is 37.4 Å². The number of ketones is 1. The van der Waals surface area contributed by atoms with Crippen LogP contribution in [0.5, 0.6) is 17.2 Å². The minimum absolute atomic E-state index is 0.155. The van der Waals surface area contributed by atoms with Crippen LogP contribution in [-0.2, 0) is 13.0 Å². The van der Waals surface area contributed by atoms with Crippen molar-refractivity contribution in [2.75, 3.05) is 20.4 Å². The first kappa shape index (κ1) is 22.8. The molecule has 34 heavy (non-hydrogen) atoms. The van der Waals surface area contributed by atoms with Gasteiger partial charge in [-0.25, -0.2) is 0 Å². The fourth-order valence-electron chi connectivity index (χ4n) is 4.38. The Labute approximate surface area is 208 Å². The molecule has 0 atom stereocenters. The molecule has 0 N–H and O–H groups in total. The van der Waals surface area contributed by atoms with Crippen molar-refractivity contribution >= 4 is 35.1 Å². The summed E-state index contributed by atoms with van der Waals surface area (Å²) < 4.78 is 17.5. The number of fused-ring (bicyclic) bond motifs is 2. The number of allylic oxidation sites excluding steroid dienone is 1. The lowest BCUT2D eigenvalue weighted by Gasteiger charge is -2.30. The van der Waals surface area contributed by atoms with E-state index in [9.17, 15) is 4.79 Å². The van der Waals surface area contributed by atoms with Crippen LogP contribution in [0, 0.1) is 6.92 Å². The molecule has 2 heterocycles. The maximum Gasteiger partial charge on any atom is 0.231 e. The van der Waals surface area contributed by atoms with Crippen molar-refractivity contribution < 1.29 is 19.0 Å². The van der Waals surface area contributed by atoms with Crippen LogP contribution in [-0.4, -0.2) is 31.1 Å². The molecule has 174 valence electrons. The normalized spacial score (nSPS) is 16.1. The number of benzene rings is 3. The Hall–Kier alpha value is -2.99. The molecule has 0 unspecified atom stereocenters. The third-order valence-electron chi connectivity index (χ3n) is 6.13. The van der Waals surface area contributed by atoms with Gasteiger partial charge in [0.15, 0.2) is 5.76 Å². The summed E-state index contributed by atoms with van der Waals surface area (Å²) in [6.07, 6.45) is 2.52. The molecule has 0 aromatic heterocycles. The van der Waals surface area contributed by atoms with Crippen LogP contribution in [0.3, 0.4) is 0 Å². The molecule has 0 radical (unpaired) electrons. The lowest BCUT2D eigenvalue weighted by molar-refractivity contribution is 0.0952. The molecule has 7 heteroatoms. The van der Waals surface area contributed by atoms with Gasteiger partial charge in [0, 0.05) is 24.2 Å². The highest BCUT2D eigenvalue weighted by Gasteiger charge is 2.33. The zero-order valence-electron chi connectivity index (χ0n) is 18.9. The SMILES string of the molecule is COc1ccccc1CCN1COc2c(cc3c(c2C)O/C(=C\c2ccc(Cl)c(Cl)c2)C3=O)C1. The second-order valence-electron chi connectivity index (χ2n) is 8.37. The van der Waals surface area contributed by atoms with Crippen LogP contribution in [0.15, 0.2) is 54.3 Å². The number of Topliss-reactive ketones (excluding diaryl/α,β-unsaturated/α-hetero) is 1. The van der Waals surface area contributed by atoms with Crippen LogP contribution in [0.25, 0.3) is 6.08 Å². The maximum absolute atomic E-state index is 13.1. The number of hydrogen-bond donors (Lipinski definition) is 0. The summed E-state index contributed by atoms with van der Waals surface area (Å²) in [5.74, 6) is 2.33. The highest BCUT2D eigenvalue weighted by atomic mass is 35.5. The molecule has 0 saturated heterocycles. The Morgan fingerprint density at radius 1 is 1.09 bits per heavy atom. The van der Waals surface area contributed by atoms with Gasteiger partial charge in [-0.3, -0.25) is 9.69 Å². The number of ether oxygens (including phenoxy) is 3. The Kier molecular flexibility index (Phi) is 6.26. The van der Waals surface area contributed by atoms with Crippen molar-refractivity contribution in [1.82, 2.24) is 4.90 Å². The Balaban J connectivity index is 1.36. The van der Waals surface area contributed by atoms with Gasteiger partial charge in [0.05, 0.1) is 22.7 Å². The van der Waals surface area contributed by atoms with Crippen molar-refractivity contribution in [1.29, 1.82) is 0 Å². The van der Waals surface area contributed by atoms with E-state index in [1.54, 1.807) is 31.4 Å². The number of methoxy groups -OCH3 is 1. The molecule has 5 nitrogen and oxygen atoms in total. The molecule has 0 saturated carbocycles. The maximum atomic E-state index is 13.1. The van der Waals surface area contributed by atoms with Crippen LogP contribution < -0.4 is 14.2 Å². The molecule has 0 amide bonds. The molecule has 2 aliphatic heterocycles. The Bertz CT molecular complexity index is 1320. The summed E-state index contributed by atoms with van der Waals surface area (Å²) in [6.45, 7) is 3.90. The smallest absolute Gasteiger partial charge is 0.231 e. The van der Waals surface area contributed by atoms with Gasteiger partial charge in [-0.15, -0.1) is 0 Å². The molecular weight excluding hydrogens is 473 g/mol. The summed E-state index contributed by atoms with van der Waals surface area (Å²) in [6, 6.07) is 15.1. The molecule has 0 spiro atoms. The van der Waals surface area contributed by atoms with E-state index in [0.717, 1.165) is 46.7 Å². The van der Waals surface area contributed by atoms with Crippen molar-refractivity contribution in [2.45, 2.75) is 19.9 Å². The minimum atomic E-state index is -0.155. The van der Waals surface area contributed by atoms with Gasteiger partial charge in [0.2, 0.25) is 5.78 Å². The average molecular weight is 496 g/mol. The van der Waals surface area contributed by atoms with E-state index in [1.165, 1.54) is 0 Å². The first-order chi connectivity index (χ1) is 16.4. The number of nitrogens with zero attached hydrogens (tertiary/aromatic N) is 1. The standard InChI is InChI=1S/C27H23Cl2NO4/c1-16-26-19(14-30(15-33-26)10-9-18-5-3-4-6-23(18)32-2)13-20-25(31)24(34-27(16)20)12-17-7-8-21(28)22(29)11-17/h3-8,11-13H,9-10,14-15H2,1-2H3/b24-12-. The molecule has 2 aliphatic rings. The summed E-state index contributed by atoms with van der Waals surface area (Å²) in [5.41, 5.74) is 4.27. The van der Waals surface area contributed by atoms with Crippen molar-refractivity contribution in [3.63, 3.8) is 0 Å². The van der Waals surface area contributed by atoms with Crippen molar-refractivity contribution in [3.05, 3.63) is 92.2 Å². The van der Waals surface area contributed by atoms with Crippen LogP contribution in [0.1, 0.15) is 32.6 Å². The molecule has 3 aromatic rings. The number of hydrogen-bond acceptors (Lipinski definition) is 5. The van der Waals surface area contributed by atoms with E-state index < -0.39 is 0 Å². The van der Waals surface area contributed by atoms with E-state index in [2.05, 4.69) is 11.0 Å². The summed E-state index contributed by atoms with van der Waals surface area (Å²) >= 11 is 12.1. The topological polar surface area (TPSA) is 48.0 Å². The zero-order valence-corrected chi connectivity index (χ0v) is 20.4. The first-order valence-corrected chi connectivity index (χ1v) is 11.7. The van der Waals surface area contributed by atoms with Gasteiger partial charge < -0.3 is 14.2 Å². The monoisotopic (exact) mass is 495 g/mol. The first-order valence-electron chi connectivity index (χ1n) is 11.0. The number of rotatable bonds is 5. The highest BCUT2D eigenvalue weighted by molar-refractivity contribution is 6.42. The molecular formula is C27H23Cl2NO4. The Morgan fingerprint density at radius 3 is 2.71 bits per heavy atom. The van der Waals surface area contributed by atoms with Gasteiger partial charge in [0.25, 0.3) is 0 Å². The summed E-state index contributed by atoms with van der Waals surface area (Å²) in [7, 11) is 1.69. The lowest BCUT2D eigenvalue weighted by Crippen LogP contribution is -2.34. The quantitative estimate of drug-likeness (QED) is 0.387. The summed E-state index contributed by atoms with van der Waals surface area (Å²) in [5, 5.41) is 0.883. The summed E-state index contributed by atoms with van der Waals surface area (Å²) in [4.78, 5) is 15.3. The number of carbonyl (C=O) groups excluding carboxylic acids is 1. The largest absolute Gasteiger partial charge is 0.496 e. The molecule has 3 aromatic carbocycles. The van der Waals surface area contributed by atoms with E-state index in [0.29, 0.717) is 34.6 Å². The minimum Gasteiger partial charge on any atom is -0.496 e. The van der Waals surface area contributed by atoms with E-state index in [1.807, 2.05) is 31.2 Å². The van der Waals surface area contributed by atoms with Gasteiger partial charge in [-0.05, 0) is 54.8 Å². The van der Waals surface area contributed by atoms with Gasteiger partial charge in [-0.2, -0.15) is 0 Å². The fourth-order valence-corrected chi connectivity index (χ4v) is 4.69. The average Bonchev–Trinajstić information content (AvgIpc) is 3.15. The molecule has 0 bridgehead atoms. The highest BCUT2D eigenvalue weighted by Crippen LogP contribution is 2.43. The van der Waals surface area contributed by atoms with E-state index >= 15 is 0 Å². The Morgan fingerprint density at radius 2 is 1.91 bits per heavy atom. The second-order valence-corrected chi connectivity index (χ2v) is 9.18. The number of carbonyl (C=O) groups is 1. The van der Waals surface area contributed by atoms with Gasteiger partial charge in [-0.1, -0.05) is 47.5 Å². The van der Waals surface area contributed by atoms with Gasteiger partial charge in [0.1, 0.15) is 24.0 Å². The second kappa shape index (κ2) is 9.34. The van der Waals surface area contributed by atoms with Gasteiger partial charge >= 0.3 is 0 Å². The molecule has 0 fully saturated rings. The predicted molar refractivity (Wildman–Crippen MR) is 133 cm³/mol. The van der Waals surface area contributed by atoms with Crippen molar-refractivity contribution in [3.8, 4) is 17.2 Å². The molecule has 5 rings (SSSR count). The zero-order chi connectivity index (χ0) is 23.8. The van der Waals surface area contributed by atoms with Crippen LogP contribution in [0.2, 0.25) is 10.0 Å². The fraction of sp³-hybridized carbons (Fsp3) is 0.222. The third kappa shape index (κ3) is 4.27. The predicted octanol–water partition coefficient (Wildman–Crippen LogP) is 6.32. The molecule has 0 aliphatic carbocycles.